The maximum atomic E-state index is 12.5. The number of methoxy groups -OCH3 is 2. The lowest BCUT2D eigenvalue weighted by Gasteiger charge is -2.13. The van der Waals surface area contributed by atoms with E-state index in [0.717, 1.165) is 9.60 Å². The van der Waals surface area contributed by atoms with Gasteiger partial charge in [-0.3, -0.25) is 19.3 Å². The first-order valence-corrected chi connectivity index (χ1v) is 7.62. The van der Waals surface area contributed by atoms with Crippen molar-refractivity contribution < 1.29 is 23.9 Å². The lowest BCUT2D eigenvalue weighted by Crippen LogP contribution is -2.33. The number of rotatable bonds is 5. The summed E-state index contributed by atoms with van der Waals surface area (Å²) < 4.78 is 11.3. The van der Waals surface area contributed by atoms with Gasteiger partial charge in [-0.2, -0.15) is 0 Å². The summed E-state index contributed by atoms with van der Waals surface area (Å²) in [5, 5.41) is 0.641. The van der Waals surface area contributed by atoms with Crippen LogP contribution in [-0.2, 0) is 4.79 Å². The van der Waals surface area contributed by atoms with Crippen molar-refractivity contribution in [1.82, 2.24) is 4.90 Å². The van der Waals surface area contributed by atoms with Crippen molar-refractivity contribution >= 4 is 39.1 Å². The van der Waals surface area contributed by atoms with Gasteiger partial charge in [0, 0.05) is 29.1 Å². The summed E-state index contributed by atoms with van der Waals surface area (Å²) in [4.78, 5) is 37.3. The second-order valence-electron chi connectivity index (χ2n) is 4.99. The second kappa shape index (κ2) is 5.54. The minimum Gasteiger partial charge on any atom is -0.493 e. The molecule has 0 aliphatic carbocycles. The predicted octanol–water partition coefficient (Wildman–Crippen LogP) is 1.39. The van der Waals surface area contributed by atoms with Gasteiger partial charge in [0.15, 0.2) is 11.5 Å². The molecule has 1 aliphatic heterocycles. The van der Waals surface area contributed by atoms with Crippen molar-refractivity contribution in [1.29, 1.82) is 0 Å². The molecule has 0 spiro atoms. The summed E-state index contributed by atoms with van der Waals surface area (Å²) in [6, 6.07) is 3.43. The van der Waals surface area contributed by atoms with E-state index in [1.54, 1.807) is 12.1 Å². The van der Waals surface area contributed by atoms with Gasteiger partial charge in [-0.15, -0.1) is 11.3 Å². The Bertz CT molecular complexity index is 842. The van der Waals surface area contributed by atoms with Crippen LogP contribution in [0.25, 0.3) is 10.1 Å². The molecule has 1 aliphatic rings. The Kier molecular flexibility index (Phi) is 3.69. The highest BCUT2D eigenvalue weighted by molar-refractivity contribution is 7.21. The Morgan fingerprint density at radius 2 is 1.83 bits per heavy atom. The number of imide groups is 1. The Balaban J connectivity index is 2.08. The molecule has 1 aromatic carbocycles. The molecule has 2 heterocycles. The zero-order valence-electron chi connectivity index (χ0n) is 12.5. The highest BCUT2D eigenvalue weighted by Gasteiger charge is 2.39. The van der Waals surface area contributed by atoms with Crippen LogP contribution in [0.2, 0.25) is 0 Å². The second-order valence-corrected chi connectivity index (χ2v) is 6.04. The zero-order chi connectivity index (χ0) is 16.7. The number of amides is 3. The Hall–Kier alpha value is -2.61. The number of fused-ring (bicyclic) bond motifs is 3. The van der Waals surface area contributed by atoms with Crippen molar-refractivity contribution in [3.8, 4) is 11.5 Å². The van der Waals surface area contributed by atoms with Gasteiger partial charge in [0.2, 0.25) is 5.91 Å². The topological polar surface area (TPSA) is 98.9 Å². The van der Waals surface area contributed by atoms with E-state index in [-0.39, 0.29) is 13.0 Å². The summed E-state index contributed by atoms with van der Waals surface area (Å²) in [5.41, 5.74) is 5.43. The zero-order valence-corrected chi connectivity index (χ0v) is 13.4. The number of nitrogens with two attached hydrogens (primary N) is 1. The van der Waals surface area contributed by atoms with Gasteiger partial charge in [-0.05, 0) is 6.07 Å². The van der Waals surface area contributed by atoms with Crippen molar-refractivity contribution in [3.05, 3.63) is 22.6 Å². The van der Waals surface area contributed by atoms with Crippen LogP contribution in [0.15, 0.2) is 12.1 Å². The SMILES string of the molecule is COc1cc2sc3c(c2cc1OC)C(=O)N(CCC(N)=O)C3=O. The average Bonchev–Trinajstić information content (AvgIpc) is 3.00. The smallest absolute Gasteiger partial charge is 0.271 e. The predicted molar refractivity (Wildman–Crippen MR) is 84.1 cm³/mol. The maximum Gasteiger partial charge on any atom is 0.271 e. The van der Waals surface area contributed by atoms with Gasteiger partial charge in [-0.1, -0.05) is 0 Å². The van der Waals surface area contributed by atoms with E-state index in [1.165, 1.54) is 25.6 Å². The molecule has 23 heavy (non-hydrogen) atoms. The molecule has 1 aromatic heterocycles. The highest BCUT2D eigenvalue weighted by atomic mass is 32.1. The molecule has 0 atom stereocenters. The van der Waals surface area contributed by atoms with Crippen molar-refractivity contribution in [3.63, 3.8) is 0 Å². The summed E-state index contributed by atoms with van der Waals surface area (Å²) in [5.74, 6) is -0.353. The third-order valence-electron chi connectivity index (χ3n) is 3.67. The summed E-state index contributed by atoms with van der Waals surface area (Å²) in [6.45, 7) is -0.0107. The van der Waals surface area contributed by atoms with E-state index in [2.05, 4.69) is 0 Å². The number of thiophene rings is 1. The molecule has 2 aromatic rings. The molecule has 0 fully saturated rings. The minimum absolute atomic E-state index is 0.0107. The first-order chi connectivity index (χ1) is 11.0. The lowest BCUT2D eigenvalue weighted by atomic mass is 10.1. The van der Waals surface area contributed by atoms with Gasteiger partial charge in [0.1, 0.15) is 4.88 Å². The molecule has 0 radical (unpaired) electrons. The van der Waals surface area contributed by atoms with E-state index in [4.69, 9.17) is 15.2 Å². The van der Waals surface area contributed by atoms with Crippen LogP contribution in [0.1, 0.15) is 26.5 Å². The van der Waals surface area contributed by atoms with E-state index in [9.17, 15) is 14.4 Å². The molecule has 8 heteroatoms. The molecule has 2 N–H and O–H groups in total. The number of nitrogens with zero attached hydrogens (tertiary/aromatic N) is 1. The molecular weight excluding hydrogens is 320 g/mol. The number of hydrogen-bond acceptors (Lipinski definition) is 6. The van der Waals surface area contributed by atoms with Crippen LogP contribution in [0.3, 0.4) is 0 Å². The molecule has 7 nitrogen and oxygen atoms in total. The van der Waals surface area contributed by atoms with Crippen LogP contribution in [0.4, 0.5) is 0 Å². The summed E-state index contributed by atoms with van der Waals surface area (Å²) >= 11 is 1.22. The molecule has 0 saturated carbocycles. The third kappa shape index (κ3) is 2.31. The fraction of sp³-hybridized carbons (Fsp3) is 0.267. The van der Waals surface area contributed by atoms with Gasteiger partial charge in [0.05, 0.1) is 19.8 Å². The van der Waals surface area contributed by atoms with Crippen LogP contribution in [0.5, 0.6) is 11.5 Å². The van der Waals surface area contributed by atoms with Gasteiger partial charge >= 0.3 is 0 Å². The fourth-order valence-corrected chi connectivity index (χ4v) is 3.71. The largest absolute Gasteiger partial charge is 0.493 e. The summed E-state index contributed by atoms with van der Waals surface area (Å²) in [6.07, 6.45) is -0.0541. The third-order valence-corrected chi connectivity index (χ3v) is 4.81. The van der Waals surface area contributed by atoms with E-state index in [1.807, 2.05) is 0 Å². The molecule has 0 unspecified atom stereocenters. The maximum absolute atomic E-state index is 12.5. The number of benzene rings is 1. The van der Waals surface area contributed by atoms with Crippen molar-refractivity contribution in [2.45, 2.75) is 6.42 Å². The van der Waals surface area contributed by atoms with E-state index >= 15 is 0 Å². The molecule has 0 saturated heterocycles. The molecule has 3 amide bonds. The minimum atomic E-state index is -0.558. The number of hydrogen-bond donors (Lipinski definition) is 1. The van der Waals surface area contributed by atoms with Gasteiger partial charge < -0.3 is 15.2 Å². The number of carbonyl (C=O) groups is 3. The van der Waals surface area contributed by atoms with Gasteiger partial charge in [0.25, 0.3) is 11.8 Å². The molecular formula is C15H14N2O5S. The molecule has 3 rings (SSSR count). The van der Waals surface area contributed by atoms with Crippen LogP contribution >= 0.6 is 11.3 Å². The Labute approximate surface area is 135 Å². The van der Waals surface area contributed by atoms with Gasteiger partial charge in [-0.25, -0.2) is 0 Å². The highest BCUT2D eigenvalue weighted by Crippen LogP contribution is 2.42. The summed E-state index contributed by atoms with van der Waals surface area (Å²) in [7, 11) is 3.02. The number of primary amides is 1. The standard InChI is InChI=1S/C15H14N2O5S/c1-21-8-5-7-10(6-9(8)22-2)23-13-12(7)14(19)17(15(13)20)4-3-11(16)18/h5-6H,3-4H2,1-2H3,(H2,16,18). The van der Waals surface area contributed by atoms with E-state index < -0.39 is 17.7 Å². The Morgan fingerprint density at radius 1 is 1.17 bits per heavy atom. The average molecular weight is 334 g/mol. The number of ether oxygens (including phenoxy) is 2. The first-order valence-electron chi connectivity index (χ1n) is 6.81. The number of carbonyl (C=O) groups excluding carboxylic acids is 3. The monoisotopic (exact) mass is 334 g/mol. The van der Waals surface area contributed by atoms with Crippen molar-refractivity contribution in [2.24, 2.45) is 5.73 Å². The molecule has 0 bridgehead atoms. The van der Waals surface area contributed by atoms with Crippen molar-refractivity contribution in [2.75, 3.05) is 20.8 Å². The van der Waals surface area contributed by atoms with Crippen LogP contribution in [-0.4, -0.2) is 43.4 Å². The van der Waals surface area contributed by atoms with Crippen LogP contribution < -0.4 is 15.2 Å². The normalized spacial score (nSPS) is 13.6. The lowest BCUT2D eigenvalue weighted by molar-refractivity contribution is -0.118. The van der Waals surface area contributed by atoms with E-state index in [0.29, 0.717) is 27.3 Å². The quantitative estimate of drug-likeness (QED) is 0.833. The van der Waals surface area contributed by atoms with Crippen LogP contribution in [0, 0.1) is 0 Å². The first kappa shape index (κ1) is 15.3. The Morgan fingerprint density at radius 3 is 2.43 bits per heavy atom. The molecule has 120 valence electrons. The fourth-order valence-electron chi connectivity index (χ4n) is 2.56.